The fourth-order valence-corrected chi connectivity index (χ4v) is 2.36. The zero-order valence-corrected chi connectivity index (χ0v) is 15.6. The Balaban J connectivity index is 0.00000441. The van der Waals surface area contributed by atoms with Crippen molar-refractivity contribution in [3.63, 3.8) is 0 Å². The zero-order chi connectivity index (χ0) is 15.7. The Morgan fingerprint density at radius 3 is 2.55 bits per heavy atom. The number of benzene rings is 1. The fourth-order valence-electron chi connectivity index (χ4n) is 1.80. The van der Waals surface area contributed by atoms with E-state index in [1.165, 1.54) is 0 Å². The number of nitrogens with one attached hydrogen (secondary N) is 2. The molecule has 2 N–H and O–H groups in total. The Bertz CT molecular complexity index is 472. The number of hydrogen-bond acceptors (Lipinski definition) is 4. The van der Waals surface area contributed by atoms with Crippen LogP contribution in [-0.4, -0.2) is 39.3 Å². The van der Waals surface area contributed by atoms with E-state index < -0.39 is 0 Å². The summed E-state index contributed by atoms with van der Waals surface area (Å²) >= 11 is 3.41. The SMILES string of the molecule is CCCNCCNC(=O)c1cc(Br)c(OCC)c(OC)c1.Cl. The van der Waals surface area contributed by atoms with E-state index in [-0.39, 0.29) is 18.3 Å². The molecule has 0 fully saturated rings. The molecule has 1 amide bonds. The van der Waals surface area contributed by atoms with Crippen LogP contribution in [-0.2, 0) is 0 Å². The zero-order valence-electron chi connectivity index (χ0n) is 13.2. The van der Waals surface area contributed by atoms with Crippen molar-refractivity contribution in [1.29, 1.82) is 0 Å². The predicted molar refractivity (Wildman–Crippen MR) is 94.6 cm³/mol. The number of carbonyl (C=O) groups excluding carboxylic acids is 1. The molecule has 0 spiro atoms. The number of halogens is 2. The first kappa shape index (κ1) is 21.0. The summed E-state index contributed by atoms with van der Waals surface area (Å²) in [6, 6.07) is 3.42. The van der Waals surface area contributed by atoms with E-state index in [9.17, 15) is 4.79 Å². The van der Waals surface area contributed by atoms with Gasteiger partial charge in [-0.05, 0) is 48.0 Å². The monoisotopic (exact) mass is 394 g/mol. The Kier molecular flexibility index (Phi) is 11.1. The van der Waals surface area contributed by atoms with Gasteiger partial charge < -0.3 is 20.1 Å². The van der Waals surface area contributed by atoms with Gasteiger partial charge in [0.05, 0.1) is 18.2 Å². The molecule has 126 valence electrons. The lowest BCUT2D eigenvalue weighted by Gasteiger charge is -2.13. The minimum absolute atomic E-state index is 0. The lowest BCUT2D eigenvalue weighted by molar-refractivity contribution is 0.0953. The van der Waals surface area contributed by atoms with Crippen LogP contribution in [0.4, 0.5) is 0 Å². The number of rotatable bonds is 9. The van der Waals surface area contributed by atoms with Gasteiger partial charge in [0.2, 0.25) is 0 Å². The third-order valence-electron chi connectivity index (χ3n) is 2.79. The maximum Gasteiger partial charge on any atom is 0.251 e. The van der Waals surface area contributed by atoms with Crippen LogP contribution in [0.5, 0.6) is 11.5 Å². The van der Waals surface area contributed by atoms with E-state index in [4.69, 9.17) is 9.47 Å². The molecule has 1 rings (SSSR count). The molecule has 0 aliphatic carbocycles. The van der Waals surface area contributed by atoms with Gasteiger partial charge in [-0.3, -0.25) is 4.79 Å². The smallest absolute Gasteiger partial charge is 0.251 e. The number of ether oxygens (including phenoxy) is 2. The summed E-state index contributed by atoms with van der Waals surface area (Å²) in [6.45, 7) is 6.84. The third kappa shape index (κ3) is 6.42. The molecule has 0 saturated carbocycles. The molecule has 0 saturated heterocycles. The number of methoxy groups -OCH3 is 1. The van der Waals surface area contributed by atoms with E-state index in [0.29, 0.717) is 34.7 Å². The molecule has 7 heteroatoms. The molecule has 5 nitrogen and oxygen atoms in total. The quantitative estimate of drug-likeness (QED) is 0.631. The van der Waals surface area contributed by atoms with Crippen LogP contribution in [0.1, 0.15) is 30.6 Å². The second-order valence-electron chi connectivity index (χ2n) is 4.43. The highest BCUT2D eigenvalue weighted by atomic mass is 79.9. The molecular weight excluding hydrogens is 372 g/mol. The maximum atomic E-state index is 12.1. The topological polar surface area (TPSA) is 59.6 Å². The largest absolute Gasteiger partial charge is 0.493 e. The molecule has 0 bridgehead atoms. The molecule has 0 aliphatic rings. The van der Waals surface area contributed by atoms with Crippen LogP contribution >= 0.6 is 28.3 Å². The van der Waals surface area contributed by atoms with Crippen molar-refractivity contribution >= 4 is 34.2 Å². The first-order valence-corrected chi connectivity index (χ1v) is 7.92. The van der Waals surface area contributed by atoms with Gasteiger partial charge >= 0.3 is 0 Å². The van der Waals surface area contributed by atoms with Crippen LogP contribution < -0.4 is 20.1 Å². The van der Waals surface area contributed by atoms with Crippen LogP contribution in [0.3, 0.4) is 0 Å². The van der Waals surface area contributed by atoms with Crippen molar-refractivity contribution < 1.29 is 14.3 Å². The first-order valence-electron chi connectivity index (χ1n) is 7.13. The van der Waals surface area contributed by atoms with Crippen molar-refractivity contribution in [2.45, 2.75) is 20.3 Å². The first-order chi connectivity index (χ1) is 10.1. The van der Waals surface area contributed by atoms with Crippen LogP contribution in [0.25, 0.3) is 0 Å². The second-order valence-corrected chi connectivity index (χ2v) is 5.28. The molecule has 0 aliphatic heterocycles. The summed E-state index contributed by atoms with van der Waals surface area (Å²) in [7, 11) is 1.56. The van der Waals surface area contributed by atoms with E-state index in [0.717, 1.165) is 19.5 Å². The van der Waals surface area contributed by atoms with Crippen molar-refractivity contribution in [1.82, 2.24) is 10.6 Å². The third-order valence-corrected chi connectivity index (χ3v) is 3.38. The van der Waals surface area contributed by atoms with Gasteiger partial charge in [-0.1, -0.05) is 6.92 Å². The molecule has 1 aromatic rings. The Morgan fingerprint density at radius 2 is 1.95 bits per heavy atom. The van der Waals surface area contributed by atoms with Crippen LogP contribution in [0.2, 0.25) is 0 Å². The highest BCUT2D eigenvalue weighted by molar-refractivity contribution is 9.10. The predicted octanol–water partition coefficient (Wildman–Crippen LogP) is 3.01. The molecule has 0 atom stereocenters. The van der Waals surface area contributed by atoms with Gasteiger partial charge in [0.25, 0.3) is 5.91 Å². The average molecular weight is 396 g/mol. The molecule has 1 aromatic carbocycles. The van der Waals surface area contributed by atoms with E-state index in [2.05, 4.69) is 33.5 Å². The van der Waals surface area contributed by atoms with Crippen molar-refractivity contribution in [3.8, 4) is 11.5 Å². The van der Waals surface area contributed by atoms with Crippen LogP contribution in [0, 0.1) is 0 Å². The number of carbonyl (C=O) groups is 1. The number of hydrogen-bond donors (Lipinski definition) is 2. The summed E-state index contributed by atoms with van der Waals surface area (Å²) < 4.78 is 11.5. The van der Waals surface area contributed by atoms with Crippen molar-refractivity contribution in [2.75, 3.05) is 33.4 Å². The van der Waals surface area contributed by atoms with E-state index in [1.54, 1.807) is 19.2 Å². The summed E-state index contributed by atoms with van der Waals surface area (Å²) in [5, 5.41) is 6.10. The van der Waals surface area contributed by atoms with Crippen molar-refractivity contribution in [2.24, 2.45) is 0 Å². The van der Waals surface area contributed by atoms with Gasteiger partial charge in [0, 0.05) is 18.7 Å². The van der Waals surface area contributed by atoms with Gasteiger partial charge in [-0.15, -0.1) is 12.4 Å². The van der Waals surface area contributed by atoms with Gasteiger partial charge in [-0.25, -0.2) is 0 Å². The minimum atomic E-state index is -0.129. The summed E-state index contributed by atoms with van der Waals surface area (Å²) in [4.78, 5) is 12.1. The Labute approximate surface area is 146 Å². The standard InChI is InChI=1S/C15H23BrN2O3.ClH/c1-4-6-17-7-8-18-15(19)11-9-12(16)14(21-5-2)13(10-11)20-3;/h9-10,17H,4-8H2,1-3H3,(H,18,19);1H. The normalized spacial score (nSPS) is 9.82. The van der Waals surface area contributed by atoms with Crippen molar-refractivity contribution in [3.05, 3.63) is 22.2 Å². The second kappa shape index (κ2) is 11.6. The molecule has 0 heterocycles. The lowest BCUT2D eigenvalue weighted by atomic mass is 10.2. The van der Waals surface area contributed by atoms with E-state index >= 15 is 0 Å². The Hall–Kier alpha value is -0.980. The summed E-state index contributed by atoms with van der Waals surface area (Å²) in [6.07, 6.45) is 1.08. The molecule has 0 aromatic heterocycles. The molecule has 0 radical (unpaired) electrons. The van der Waals surface area contributed by atoms with E-state index in [1.807, 2.05) is 6.92 Å². The Morgan fingerprint density at radius 1 is 1.23 bits per heavy atom. The minimum Gasteiger partial charge on any atom is -0.493 e. The molecule has 22 heavy (non-hydrogen) atoms. The molecular formula is C15H24BrClN2O3. The van der Waals surface area contributed by atoms with Gasteiger partial charge in [0.15, 0.2) is 11.5 Å². The summed E-state index contributed by atoms with van der Waals surface area (Å²) in [5.74, 6) is 1.02. The maximum absolute atomic E-state index is 12.1. The highest BCUT2D eigenvalue weighted by Gasteiger charge is 2.15. The highest BCUT2D eigenvalue weighted by Crippen LogP contribution is 2.36. The summed E-state index contributed by atoms with van der Waals surface area (Å²) in [5.41, 5.74) is 0.540. The van der Waals surface area contributed by atoms with Crippen LogP contribution in [0.15, 0.2) is 16.6 Å². The molecule has 0 unspecified atom stereocenters. The fraction of sp³-hybridized carbons (Fsp3) is 0.533. The number of amides is 1. The van der Waals surface area contributed by atoms with Gasteiger partial charge in [0.1, 0.15) is 0 Å². The lowest BCUT2D eigenvalue weighted by Crippen LogP contribution is -2.32. The average Bonchev–Trinajstić information content (AvgIpc) is 2.48. The van der Waals surface area contributed by atoms with Gasteiger partial charge in [-0.2, -0.15) is 0 Å².